The first-order valence-corrected chi connectivity index (χ1v) is 9.35. The highest BCUT2D eigenvalue weighted by molar-refractivity contribution is 7.91. The largest absolute Gasteiger partial charge is 0.478 e. The standard InChI is InChI=1S/C19H13ClO5S/c20-16-8-4-5-9-17(16)26(23,24)18-12-14(10-11-15(18)19(21)22)25-13-6-2-1-3-7-13/h1-12H,(H,21,22). The van der Waals surface area contributed by atoms with Crippen LogP contribution in [0.25, 0.3) is 0 Å². The summed E-state index contributed by atoms with van der Waals surface area (Å²) in [5.41, 5.74) is -0.356. The van der Waals surface area contributed by atoms with E-state index in [1.807, 2.05) is 6.07 Å². The van der Waals surface area contributed by atoms with Gasteiger partial charge >= 0.3 is 5.97 Å². The van der Waals surface area contributed by atoms with E-state index in [9.17, 15) is 18.3 Å². The lowest BCUT2D eigenvalue weighted by Crippen LogP contribution is -2.10. The summed E-state index contributed by atoms with van der Waals surface area (Å²) in [4.78, 5) is 11.0. The van der Waals surface area contributed by atoms with Gasteiger partial charge in [0.1, 0.15) is 11.5 Å². The average molecular weight is 389 g/mol. The van der Waals surface area contributed by atoms with Crippen LogP contribution in [0.1, 0.15) is 10.4 Å². The Morgan fingerprint density at radius 2 is 1.50 bits per heavy atom. The number of para-hydroxylation sites is 1. The minimum Gasteiger partial charge on any atom is -0.478 e. The zero-order valence-corrected chi connectivity index (χ0v) is 14.9. The van der Waals surface area contributed by atoms with E-state index < -0.39 is 15.8 Å². The number of benzene rings is 3. The molecule has 3 aromatic rings. The zero-order chi connectivity index (χ0) is 18.7. The average Bonchev–Trinajstić information content (AvgIpc) is 2.62. The van der Waals surface area contributed by atoms with Crippen molar-refractivity contribution in [1.29, 1.82) is 0 Å². The molecule has 0 aliphatic carbocycles. The van der Waals surface area contributed by atoms with E-state index in [-0.39, 0.29) is 26.1 Å². The normalized spacial score (nSPS) is 11.1. The highest BCUT2D eigenvalue weighted by Crippen LogP contribution is 2.33. The minimum absolute atomic E-state index is 0.0122. The van der Waals surface area contributed by atoms with E-state index in [1.54, 1.807) is 30.3 Å². The van der Waals surface area contributed by atoms with E-state index >= 15 is 0 Å². The number of hydrogen-bond donors (Lipinski definition) is 1. The number of carboxylic acids is 1. The first-order chi connectivity index (χ1) is 12.4. The number of ether oxygens (including phenoxy) is 1. The summed E-state index contributed by atoms with van der Waals surface area (Å²) in [5.74, 6) is -0.662. The van der Waals surface area contributed by atoms with Gasteiger partial charge in [-0.05, 0) is 36.4 Å². The summed E-state index contributed by atoms with van der Waals surface area (Å²) >= 11 is 6.00. The molecule has 3 rings (SSSR count). The number of aromatic carboxylic acids is 1. The maximum atomic E-state index is 13.0. The highest BCUT2D eigenvalue weighted by atomic mass is 35.5. The van der Waals surface area contributed by atoms with E-state index in [2.05, 4.69) is 0 Å². The van der Waals surface area contributed by atoms with Crippen LogP contribution < -0.4 is 4.74 Å². The third-order valence-corrected chi connectivity index (χ3v) is 5.87. The number of hydrogen-bond acceptors (Lipinski definition) is 4. The van der Waals surface area contributed by atoms with Gasteiger partial charge in [-0.1, -0.05) is 41.9 Å². The van der Waals surface area contributed by atoms with Crippen molar-refractivity contribution in [3.05, 3.63) is 83.4 Å². The van der Waals surface area contributed by atoms with Gasteiger partial charge < -0.3 is 9.84 Å². The summed E-state index contributed by atoms with van der Waals surface area (Å²) in [7, 11) is -4.15. The summed E-state index contributed by atoms with van der Waals surface area (Å²) < 4.78 is 31.6. The molecular weight excluding hydrogens is 376 g/mol. The Balaban J connectivity index is 2.14. The second kappa shape index (κ2) is 7.19. The minimum atomic E-state index is -4.15. The van der Waals surface area contributed by atoms with Crippen molar-refractivity contribution in [1.82, 2.24) is 0 Å². The molecule has 0 saturated heterocycles. The van der Waals surface area contributed by atoms with Crippen LogP contribution in [0.15, 0.2) is 82.6 Å². The fourth-order valence-corrected chi connectivity index (χ4v) is 4.35. The summed E-state index contributed by atoms with van der Waals surface area (Å²) in [6.07, 6.45) is 0. The number of halogens is 1. The molecule has 0 amide bonds. The summed E-state index contributed by atoms with van der Waals surface area (Å²) in [6.45, 7) is 0. The highest BCUT2D eigenvalue weighted by Gasteiger charge is 2.27. The first-order valence-electron chi connectivity index (χ1n) is 7.49. The van der Waals surface area contributed by atoms with Crippen molar-refractivity contribution < 1.29 is 23.1 Å². The Labute approximate surface area is 155 Å². The molecule has 5 nitrogen and oxygen atoms in total. The molecule has 0 bridgehead atoms. The summed E-state index contributed by atoms with van der Waals surface area (Å²) in [6, 6.07) is 18.4. The second-order valence-electron chi connectivity index (χ2n) is 5.31. The van der Waals surface area contributed by atoms with Gasteiger partial charge in [-0.15, -0.1) is 0 Å². The topological polar surface area (TPSA) is 80.7 Å². The van der Waals surface area contributed by atoms with Gasteiger partial charge in [-0.3, -0.25) is 0 Å². The fraction of sp³-hybridized carbons (Fsp3) is 0. The molecular formula is C19H13ClO5S. The maximum absolute atomic E-state index is 13.0. The van der Waals surface area contributed by atoms with Crippen LogP contribution in [0.5, 0.6) is 11.5 Å². The molecule has 0 radical (unpaired) electrons. The van der Waals surface area contributed by atoms with Gasteiger partial charge in [0.2, 0.25) is 9.84 Å². The zero-order valence-electron chi connectivity index (χ0n) is 13.3. The lowest BCUT2D eigenvalue weighted by Gasteiger charge is -2.12. The van der Waals surface area contributed by atoms with Gasteiger partial charge in [0.05, 0.1) is 20.4 Å². The quantitative estimate of drug-likeness (QED) is 0.687. The van der Waals surface area contributed by atoms with E-state index in [1.165, 1.54) is 36.4 Å². The Hall–Kier alpha value is -2.83. The Morgan fingerprint density at radius 3 is 2.15 bits per heavy atom. The molecule has 0 heterocycles. The number of sulfone groups is 1. The van der Waals surface area contributed by atoms with Crippen LogP contribution in [0, 0.1) is 0 Å². The SMILES string of the molecule is O=C(O)c1ccc(Oc2ccccc2)cc1S(=O)(=O)c1ccccc1Cl. The number of carboxylic acid groups (broad SMARTS) is 1. The molecule has 3 aromatic carbocycles. The van der Waals surface area contributed by atoms with Gasteiger partial charge in [0, 0.05) is 6.07 Å². The molecule has 0 unspecified atom stereocenters. The Kier molecular flexibility index (Phi) is 4.97. The Morgan fingerprint density at radius 1 is 0.846 bits per heavy atom. The van der Waals surface area contributed by atoms with Crippen molar-refractivity contribution in [2.75, 3.05) is 0 Å². The third kappa shape index (κ3) is 3.56. The van der Waals surface area contributed by atoms with Crippen molar-refractivity contribution >= 4 is 27.4 Å². The molecule has 0 spiro atoms. The van der Waals surface area contributed by atoms with Crippen LogP contribution in [-0.2, 0) is 9.84 Å². The number of rotatable bonds is 5. The predicted molar refractivity (Wildman–Crippen MR) is 96.8 cm³/mol. The second-order valence-corrected chi connectivity index (χ2v) is 7.61. The van der Waals surface area contributed by atoms with Crippen molar-refractivity contribution in [2.24, 2.45) is 0 Å². The fourth-order valence-electron chi connectivity index (χ4n) is 2.37. The molecule has 132 valence electrons. The molecule has 0 aromatic heterocycles. The van der Waals surface area contributed by atoms with Crippen LogP contribution >= 0.6 is 11.6 Å². The smallest absolute Gasteiger partial charge is 0.337 e. The van der Waals surface area contributed by atoms with E-state index in [0.29, 0.717) is 5.75 Å². The molecule has 26 heavy (non-hydrogen) atoms. The van der Waals surface area contributed by atoms with Crippen molar-refractivity contribution in [2.45, 2.75) is 9.79 Å². The molecule has 0 aliphatic rings. The lowest BCUT2D eigenvalue weighted by atomic mass is 10.2. The molecule has 0 atom stereocenters. The summed E-state index contributed by atoms with van der Waals surface area (Å²) in [5, 5.41) is 9.40. The number of carbonyl (C=O) groups is 1. The van der Waals surface area contributed by atoms with Crippen molar-refractivity contribution in [3.8, 4) is 11.5 Å². The molecule has 0 saturated carbocycles. The third-order valence-electron chi connectivity index (χ3n) is 3.58. The maximum Gasteiger partial charge on any atom is 0.337 e. The van der Waals surface area contributed by atoms with Crippen molar-refractivity contribution in [3.63, 3.8) is 0 Å². The van der Waals surface area contributed by atoms with E-state index in [4.69, 9.17) is 16.3 Å². The van der Waals surface area contributed by atoms with E-state index in [0.717, 1.165) is 0 Å². The first kappa shape index (κ1) is 18.0. The van der Waals surface area contributed by atoms with Gasteiger partial charge in [0.15, 0.2) is 0 Å². The lowest BCUT2D eigenvalue weighted by molar-refractivity contribution is 0.0692. The van der Waals surface area contributed by atoms with Crippen LogP contribution in [0.2, 0.25) is 5.02 Å². The molecule has 7 heteroatoms. The van der Waals surface area contributed by atoms with Gasteiger partial charge in [0.25, 0.3) is 0 Å². The monoisotopic (exact) mass is 388 g/mol. The van der Waals surface area contributed by atoms with Gasteiger partial charge in [-0.2, -0.15) is 0 Å². The van der Waals surface area contributed by atoms with Gasteiger partial charge in [-0.25, -0.2) is 13.2 Å². The predicted octanol–water partition coefficient (Wildman–Crippen LogP) is 4.66. The van der Waals surface area contributed by atoms with Crippen LogP contribution in [0.4, 0.5) is 0 Å². The van der Waals surface area contributed by atoms with Crippen LogP contribution in [0.3, 0.4) is 0 Å². The molecule has 0 fully saturated rings. The van der Waals surface area contributed by atoms with Crippen LogP contribution in [-0.4, -0.2) is 19.5 Å². The molecule has 0 aliphatic heterocycles. The molecule has 1 N–H and O–H groups in total. The Bertz CT molecular complexity index is 1060.